The summed E-state index contributed by atoms with van der Waals surface area (Å²) >= 11 is 0. The average Bonchev–Trinajstić information content (AvgIpc) is 1.81. The molecule has 13 heavy (non-hydrogen) atoms. The number of carbonyl (C=O) groups is 1. The molecule has 1 unspecified atom stereocenters. The Morgan fingerprint density at radius 3 is 2.15 bits per heavy atom. The standard InChI is InChI=1S/C7H14NO4P/c1-8(2,3)4-7(11)13(12)5-6(9)10/h4-5H2,1-3H3,(H-,9,10,11)/p+1. The summed E-state index contributed by atoms with van der Waals surface area (Å²) < 4.78 is 0.423. The van der Waals surface area contributed by atoms with Crippen LogP contribution in [0.15, 0.2) is 0 Å². The van der Waals surface area contributed by atoms with Gasteiger partial charge in [-0.15, -0.1) is 0 Å². The number of aliphatic carboxylic acids is 1. The summed E-state index contributed by atoms with van der Waals surface area (Å²) in [4.78, 5) is 21.3. The fraction of sp³-hybridized carbons (Fsp3) is 0.714. The van der Waals surface area contributed by atoms with Crippen LogP contribution in [0.1, 0.15) is 0 Å². The zero-order valence-electron chi connectivity index (χ0n) is 8.02. The molecule has 2 N–H and O–H groups in total. The number of nitrogens with zero attached hydrogens (tertiary/aromatic N) is 1. The summed E-state index contributed by atoms with van der Waals surface area (Å²) in [5.74, 6) is -1.16. The third-order valence-corrected chi connectivity index (χ3v) is 2.46. The molecule has 0 spiro atoms. The van der Waals surface area contributed by atoms with Gasteiger partial charge in [0.15, 0.2) is 6.54 Å². The van der Waals surface area contributed by atoms with Gasteiger partial charge in [0.05, 0.1) is 28.9 Å². The minimum Gasteiger partial charge on any atom is -0.628 e. The van der Waals surface area contributed by atoms with Gasteiger partial charge in [-0.3, -0.25) is 0 Å². The van der Waals surface area contributed by atoms with Gasteiger partial charge in [-0.05, 0) is 0 Å². The van der Waals surface area contributed by atoms with Gasteiger partial charge >= 0.3 is 5.97 Å². The zero-order valence-corrected chi connectivity index (χ0v) is 8.91. The normalized spacial score (nSPS) is 13.9. The number of hydrogen-bond donors (Lipinski definition) is 2. The maximum Gasteiger partial charge on any atom is 0.348 e. The van der Waals surface area contributed by atoms with Crippen LogP contribution in [-0.2, 0) is 4.79 Å². The molecule has 0 amide bonds. The monoisotopic (exact) mass is 208 g/mol. The van der Waals surface area contributed by atoms with Crippen LogP contribution < -0.4 is 4.89 Å². The first-order valence-corrected chi connectivity index (χ1v) is 5.18. The number of aliphatic hydroxyl groups is 1. The Morgan fingerprint density at radius 1 is 1.38 bits per heavy atom. The molecule has 1 atom stereocenters. The van der Waals surface area contributed by atoms with Crippen LogP contribution in [0.3, 0.4) is 0 Å². The average molecular weight is 208 g/mol. The van der Waals surface area contributed by atoms with Gasteiger partial charge in [0, 0.05) is 0 Å². The first kappa shape index (κ1) is 12.5. The molecule has 0 aromatic heterocycles. The molecule has 76 valence electrons. The molecule has 0 rings (SSSR count). The van der Waals surface area contributed by atoms with Gasteiger partial charge in [-0.2, -0.15) is 0 Å². The second-order valence-electron chi connectivity index (χ2n) is 3.80. The molecular weight excluding hydrogens is 193 g/mol. The minimum absolute atomic E-state index is 0.211. The number of likely N-dealkylation sites (N-methyl/N-ethyl adjacent to an activating group) is 1. The highest BCUT2D eigenvalue weighted by molar-refractivity contribution is 7.52. The predicted octanol–water partition coefficient (Wildman–Crippen LogP) is -0.963. The quantitative estimate of drug-likeness (QED) is 0.460. The van der Waals surface area contributed by atoms with E-state index in [1.54, 1.807) is 0 Å². The molecule has 0 heterocycles. The molecule has 6 heteroatoms. The van der Waals surface area contributed by atoms with Crippen molar-refractivity contribution < 1.29 is 24.4 Å². The Labute approximate surface area is 78.3 Å². The summed E-state index contributed by atoms with van der Waals surface area (Å²) in [5.41, 5.74) is -0.232. The Bertz CT molecular complexity index is 231. The van der Waals surface area contributed by atoms with Gasteiger partial charge in [-0.25, -0.2) is 4.79 Å². The van der Waals surface area contributed by atoms with Crippen LogP contribution in [0, 0.1) is 0 Å². The first-order chi connectivity index (χ1) is 5.72. The van der Waals surface area contributed by atoms with E-state index in [1.165, 1.54) is 0 Å². The minimum atomic E-state index is -2.14. The van der Waals surface area contributed by atoms with Gasteiger partial charge in [-0.1, -0.05) is 0 Å². The van der Waals surface area contributed by atoms with Gasteiger partial charge < -0.3 is 19.6 Å². The molecule has 0 aromatic carbocycles. The maximum atomic E-state index is 11.1. The van der Waals surface area contributed by atoms with E-state index in [0.29, 0.717) is 4.48 Å². The van der Waals surface area contributed by atoms with Crippen LogP contribution in [-0.4, -0.2) is 60.0 Å². The van der Waals surface area contributed by atoms with E-state index >= 15 is 0 Å². The van der Waals surface area contributed by atoms with E-state index in [9.17, 15) is 14.8 Å². The molecule has 0 saturated carbocycles. The second kappa shape index (κ2) is 4.67. The van der Waals surface area contributed by atoms with Crippen molar-refractivity contribution in [2.45, 2.75) is 0 Å². The van der Waals surface area contributed by atoms with Crippen molar-refractivity contribution in [3.63, 3.8) is 0 Å². The molecule has 0 radical (unpaired) electrons. The summed E-state index contributed by atoms with van der Waals surface area (Å²) in [5, 5.41) is 17.6. The zero-order chi connectivity index (χ0) is 10.6. The van der Waals surface area contributed by atoms with Gasteiger partial charge in [0.25, 0.3) is 5.48 Å². The molecule has 0 fully saturated rings. The molecule has 0 aliphatic carbocycles. The first-order valence-electron chi connectivity index (χ1n) is 3.74. The fourth-order valence-electron chi connectivity index (χ4n) is 0.717. The van der Waals surface area contributed by atoms with E-state index in [-0.39, 0.29) is 12.0 Å². The summed E-state index contributed by atoms with van der Waals surface area (Å²) in [7, 11) is 3.32. The van der Waals surface area contributed by atoms with Crippen LogP contribution in [0.2, 0.25) is 0 Å². The third-order valence-electron chi connectivity index (χ3n) is 1.18. The number of carboxylic acid groups (broad SMARTS) is 1. The van der Waals surface area contributed by atoms with Crippen molar-refractivity contribution in [2.24, 2.45) is 0 Å². The Hall–Kier alpha value is -0.480. The lowest BCUT2D eigenvalue weighted by Gasteiger charge is -2.21. The number of carboxylic acids is 1. The van der Waals surface area contributed by atoms with E-state index < -0.39 is 19.9 Å². The molecular formula is C7H15NO4P+. The predicted molar refractivity (Wildman–Crippen MR) is 49.3 cm³/mol. The van der Waals surface area contributed by atoms with E-state index in [1.807, 2.05) is 21.1 Å². The van der Waals surface area contributed by atoms with Crippen LogP contribution in [0.4, 0.5) is 0 Å². The molecule has 5 nitrogen and oxygen atoms in total. The largest absolute Gasteiger partial charge is 0.628 e. The van der Waals surface area contributed by atoms with Crippen molar-refractivity contribution in [2.75, 3.05) is 33.8 Å². The fourth-order valence-corrected chi connectivity index (χ4v) is 1.73. The van der Waals surface area contributed by atoms with Crippen molar-refractivity contribution >= 4 is 19.2 Å². The highest BCUT2D eigenvalue weighted by Gasteiger charge is 2.18. The lowest BCUT2D eigenvalue weighted by molar-refractivity contribution is -0.861. The second-order valence-corrected chi connectivity index (χ2v) is 5.38. The van der Waals surface area contributed by atoms with E-state index in [2.05, 4.69) is 0 Å². The van der Waals surface area contributed by atoms with Gasteiger partial charge in [0.2, 0.25) is 6.16 Å². The Kier molecular flexibility index (Phi) is 4.50. The van der Waals surface area contributed by atoms with Crippen molar-refractivity contribution in [3.05, 3.63) is 0 Å². The number of quaternary nitrogens is 1. The summed E-state index contributed by atoms with van der Waals surface area (Å²) in [6, 6.07) is 0. The summed E-state index contributed by atoms with van der Waals surface area (Å²) in [6.45, 7) is 0.211. The number of rotatable bonds is 4. The van der Waals surface area contributed by atoms with Crippen molar-refractivity contribution in [1.82, 2.24) is 0 Å². The highest BCUT2D eigenvalue weighted by Crippen LogP contribution is 2.12. The van der Waals surface area contributed by atoms with Crippen LogP contribution >= 0.6 is 7.77 Å². The van der Waals surface area contributed by atoms with Crippen LogP contribution in [0.25, 0.3) is 0 Å². The highest BCUT2D eigenvalue weighted by atomic mass is 31.1. The van der Waals surface area contributed by atoms with E-state index in [4.69, 9.17) is 5.11 Å². The smallest absolute Gasteiger partial charge is 0.348 e. The topological polar surface area (TPSA) is 80.6 Å². The lowest BCUT2D eigenvalue weighted by atomic mass is 10.5. The van der Waals surface area contributed by atoms with Crippen molar-refractivity contribution in [1.29, 1.82) is 0 Å². The molecule has 0 saturated heterocycles. The Balaban J connectivity index is 4.36. The van der Waals surface area contributed by atoms with Gasteiger partial charge in [0.1, 0.15) is 0 Å². The third kappa shape index (κ3) is 6.66. The number of hydrogen-bond acceptors (Lipinski definition) is 2. The number of aliphatic hydroxyl groups excluding tert-OH is 1. The van der Waals surface area contributed by atoms with Crippen LogP contribution in [0.5, 0.6) is 0 Å². The molecule has 0 aliphatic heterocycles. The SMILES string of the molecule is C[N+](C)(C)C/C(O)=[P+](\[O-])CC(=O)O. The summed E-state index contributed by atoms with van der Waals surface area (Å²) in [6.07, 6.45) is -0.499. The Morgan fingerprint density at radius 2 is 1.85 bits per heavy atom. The van der Waals surface area contributed by atoms with E-state index in [0.717, 1.165) is 0 Å². The van der Waals surface area contributed by atoms with Crippen molar-refractivity contribution in [3.8, 4) is 0 Å². The lowest BCUT2D eigenvalue weighted by Crippen LogP contribution is -2.39. The maximum absolute atomic E-state index is 11.1. The molecule has 0 aromatic rings. The molecule has 0 bridgehead atoms. The molecule has 0 aliphatic rings.